The Morgan fingerprint density at radius 3 is 2.90 bits per heavy atom. The van der Waals surface area contributed by atoms with E-state index >= 15 is 0 Å². The van der Waals surface area contributed by atoms with E-state index in [0.717, 1.165) is 25.2 Å². The third-order valence-corrected chi connectivity index (χ3v) is 4.39. The highest BCUT2D eigenvalue weighted by atomic mass is 19.1. The van der Waals surface area contributed by atoms with Crippen molar-refractivity contribution in [3.63, 3.8) is 0 Å². The SMILES string of the molecule is CCCC1CN(Cc2ccc(F)cc2C)C(C)CCN1. The van der Waals surface area contributed by atoms with E-state index in [9.17, 15) is 4.39 Å². The Balaban J connectivity index is 2.07. The van der Waals surface area contributed by atoms with Crippen LogP contribution in [0.15, 0.2) is 18.2 Å². The summed E-state index contributed by atoms with van der Waals surface area (Å²) in [6.45, 7) is 9.66. The molecule has 0 aliphatic carbocycles. The zero-order valence-corrected chi connectivity index (χ0v) is 13.0. The molecule has 0 amide bonds. The molecule has 2 nitrogen and oxygen atoms in total. The van der Waals surface area contributed by atoms with Gasteiger partial charge in [-0.15, -0.1) is 0 Å². The first kappa shape index (κ1) is 15.5. The number of rotatable bonds is 4. The van der Waals surface area contributed by atoms with Gasteiger partial charge in [0.25, 0.3) is 0 Å². The standard InChI is InChI=1S/C17H27FN2/c1-4-5-17-12-20(14(3)8-9-19-17)11-15-6-7-16(18)10-13(15)2/h6-7,10,14,17,19H,4-5,8-9,11-12H2,1-3H3. The van der Waals surface area contributed by atoms with E-state index < -0.39 is 0 Å². The van der Waals surface area contributed by atoms with Crippen LogP contribution in [-0.4, -0.2) is 30.1 Å². The van der Waals surface area contributed by atoms with Gasteiger partial charge in [-0.3, -0.25) is 4.90 Å². The number of hydrogen-bond donors (Lipinski definition) is 1. The minimum Gasteiger partial charge on any atom is -0.313 e. The number of aryl methyl sites for hydroxylation is 1. The first-order valence-corrected chi connectivity index (χ1v) is 7.82. The van der Waals surface area contributed by atoms with Crippen molar-refractivity contribution >= 4 is 0 Å². The van der Waals surface area contributed by atoms with Gasteiger partial charge < -0.3 is 5.32 Å². The molecule has 0 aromatic heterocycles. The van der Waals surface area contributed by atoms with Crippen molar-refractivity contribution in [2.45, 2.75) is 58.7 Å². The van der Waals surface area contributed by atoms with E-state index in [2.05, 4.69) is 24.1 Å². The maximum absolute atomic E-state index is 13.2. The lowest BCUT2D eigenvalue weighted by atomic mass is 10.1. The molecule has 0 spiro atoms. The lowest BCUT2D eigenvalue weighted by Gasteiger charge is -2.29. The Kier molecular flexibility index (Phi) is 5.55. The molecule has 1 aromatic rings. The van der Waals surface area contributed by atoms with Crippen LogP contribution < -0.4 is 5.32 Å². The van der Waals surface area contributed by atoms with Crippen molar-refractivity contribution in [3.05, 3.63) is 35.1 Å². The average Bonchev–Trinajstić information content (AvgIpc) is 2.56. The van der Waals surface area contributed by atoms with E-state index in [0.29, 0.717) is 12.1 Å². The van der Waals surface area contributed by atoms with Crippen LogP contribution in [-0.2, 0) is 6.54 Å². The Labute approximate surface area is 122 Å². The fourth-order valence-electron chi connectivity index (χ4n) is 3.02. The van der Waals surface area contributed by atoms with Crippen LogP contribution in [0.3, 0.4) is 0 Å². The normalized spacial score (nSPS) is 24.6. The van der Waals surface area contributed by atoms with Gasteiger partial charge in [0, 0.05) is 25.2 Å². The van der Waals surface area contributed by atoms with Crippen molar-refractivity contribution in [3.8, 4) is 0 Å². The maximum Gasteiger partial charge on any atom is 0.123 e. The molecular formula is C17H27FN2. The van der Waals surface area contributed by atoms with Gasteiger partial charge in [0.2, 0.25) is 0 Å². The van der Waals surface area contributed by atoms with Crippen LogP contribution in [0.25, 0.3) is 0 Å². The fraction of sp³-hybridized carbons (Fsp3) is 0.647. The zero-order chi connectivity index (χ0) is 14.5. The molecule has 0 bridgehead atoms. The molecule has 1 saturated heterocycles. The van der Waals surface area contributed by atoms with Crippen molar-refractivity contribution in [1.29, 1.82) is 0 Å². The highest BCUT2D eigenvalue weighted by molar-refractivity contribution is 5.26. The van der Waals surface area contributed by atoms with Gasteiger partial charge in [-0.25, -0.2) is 4.39 Å². The molecule has 112 valence electrons. The van der Waals surface area contributed by atoms with Crippen LogP contribution in [0, 0.1) is 12.7 Å². The van der Waals surface area contributed by atoms with Gasteiger partial charge in [-0.05, 0) is 56.5 Å². The number of benzene rings is 1. The molecule has 3 heteroatoms. The number of halogens is 1. The van der Waals surface area contributed by atoms with Crippen LogP contribution in [0.2, 0.25) is 0 Å². The lowest BCUT2D eigenvalue weighted by molar-refractivity contribution is 0.193. The fourth-order valence-corrected chi connectivity index (χ4v) is 3.02. The van der Waals surface area contributed by atoms with Gasteiger partial charge in [0.1, 0.15) is 5.82 Å². The highest BCUT2D eigenvalue weighted by Gasteiger charge is 2.22. The first-order chi connectivity index (χ1) is 9.60. The monoisotopic (exact) mass is 278 g/mol. The lowest BCUT2D eigenvalue weighted by Crippen LogP contribution is -2.39. The molecule has 2 atom stereocenters. The molecular weight excluding hydrogens is 251 g/mol. The first-order valence-electron chi connectivity index (χ1n) is 7.82. The number of nitrogens with one attached hydrogen (secondary N) is 1. The molecule has 1 fully saturated rings. The molecule has 1 N–H and O–H groups in total. The van der Waals surface area contributed by atoms with E-state index in [4.69, 9.17) is 0 Å². The second kappa shape index (κ2) is 7.19. The second-order valence-corrected chi connectivity index (χ2v) is 6.08. The highest BCUT2D eigenvalue weighted by Crippen LogP contribution is 2.18. The zero-order valence-electron chi connectivity index (χ0n) is 13.0. The van der Waals surface area contributed by atoms with Crippen LogP contribution in [0.4, 0.5) is 4.39 Å². The summed E-state index contributed by atoms with van der Waals surface area (Å²) >= 11 is 0. The summed E-state index contributed by atoms with van der Waals surface area (Å²) in [7, 11) is 0. The summed E-state index contributed by atoms with van der Waals surface area (Å²) in [6, 6.07) is 6.32. The Morgan fingerprint density at radius 1 is 1.40 bits per heavy atom. The second-order valence-electron chi connectivity index (χ2n) is 6.08. The summed E-state index contributed by atoms with van der Waals surface area (Å²) in [6.07, 6.45) is 3.63. The molecule has 20 heavy (non-hydrogen) atoms. The van der Waals surface area contributed by atoms with Crippen LogP contribution >= 0.6 is 0 Å². The number of nitrogens with zero attached hydrogens (tertiary/aromatic N) is 1. The Hall–Kier alpha value is -0.930. The van der Waals surface area contributed by atoms with Gasteiger partial charge in [-0.1, -0.05) is 19.4 Å². The van der Waals surface area contributed by atoms with Crippen molar-refractivity contribution in [1.82, 2.24) is 10.2 Å². The van der Waals surface area contributed by atoms with Gasteiger partial charge in [0.05, 0.1) is 0 Å². The molecule has 1 heterocycles. The third-order valence-electron chi connectivity index (χ3n) is 4.39. The number of hydrogen-bond acceptors (Lipinski definition) is 2. The predicted molar refractivity (Wildman–Crippen MR) is 82.3 cm³/mol. The van der Waals surface area contributed by atoms with Crippen molar-refractivity contribution in [2.75, 3.05) is 13.1 Å². The summed E-state index contributed by atoms with van der Waals surface area (Å²) in [5.41, 5.74) is 2.30. The maximum atomic E-state index is 13.2. The smallest absolute Gasteiger partial charge is 0.123 e. The average molecular weight is 278 g/mol. The van der Waals surface area contributed by atoms with E-state index in [1.165, 1.54) is 24.8 Å². The van der Waals surface area contributed by atoms with Gasteiger partial charge in [0.15, 0.2) is 0 Å². The third kappa shape index (κ3) is 4.03. The topological polar surface area (TPSA) is 15.3 Å². The predicted octanol–water partition coefficient (Wildman–Crippen LogP) is 3.49. The van der Waals surface area contributed by atoms with E-state index in [-0.39, 0.29) is 5.82 Å². The largest absolute Gasteiger partial charge is 0.313 e. The van der Waals surface area contributed by atoms with Gasteiger partial charge in [-0.2, -0.15) is 0 Å². The molecule has 2 unspecified atom stereocenters. The summed E-state index contributed by atoms with van der Waals surface area (Å²) in [4.78, 5) is 2.54. The van der Waals surface area contributed by atoms with Gasteiger partial charge >= 0.3 is 0 Å². The molecule has 1 aliphatic heterocycles. The minimum absolute atomic E-state index is 0.138. The Bertz CT molecular complexity index is 433. The molecule has 1 aliphatic rings. The molecule has 2 rings (SSSR count). The van der Waals surface area contributed by atoms with Crippen LogP contribution in [0.1, 0.15) is 44.2 Å². The molecule has 0 radical (unpaired) electrons. The van der Waals surface area contributed by atoms with E-state index in [1.807, 2.05) is 13.0 Å². The van der Waals surface area contributed by atoms with Crippen LogP contribution in [0.5, 0.6) is 0 Å². The summed E-state index contributed by atoms with van der Waals surface area (Å²) < 4.78 is 13.2. The van der Waals surface area contributed by atoms with E-state index in [1.54, 1.807) is 12.1 Å². The minimum atomic E-state index is -0.138. The summed E-state index contributed by atoms with van der Waals surface area (Å²) in [5, 5.41) is 3.65. The van der Waals surface area contributed by atoms with Crippen molar-refractivity contribution in [2.24, 2.45) is 0 Å². The molecule has 1 aromatic carbocycles. The molecule has 0 saturated carbocycles. The Morgan fingerprint density at radius 2 is 2.20 bits per heavy atom. The summed E-state index contributed by atoms with van der Waals surface area (Å²) in [5.74, 6) is -0.138. The van der Waals surface area contributed by atoms with Crippen molar-refractivity contribution < 1.29 is 4.39 Å². The quantitative estimate of drug-likeness (QED) is 0.907.